The van der Waals surface area contributed by atoms with Gasteiger partial charge in [0.25, 0.3) is 0 Å². The van der Waals surface area contributed by atoms with E-state index in [2.05, 4.69) is 31.9 Å². The summed E-state index contributed by atoms with van der Waals surface area (Å²) in [6.07, 6.45) is 0.690. The van der Waals surface area contributed by atoms with Crippen molar-refractivity contribution >= 4 is 61.6 Å². The van der Waals surface area contributed by atoms with Crippen molar-refractivity contribution < 1.29 is 47.6 Å². The lowest BCUT2D eigenvalue weighted by atomic mass is 9.41. The largest absolute Gasteiger partial charge is 0.455 e. The number of benzene rings is 3. The molecule has 12 heteroatoms. The fourth-order valence-corrected chi connectivity index (χ4v) is 10.4. The Kier molecular flexibility index (Phi) is 9.98. The Hall–Kier alpha value is -3.68. The molecule has 0 unspecified atom stereocenters. The first-order valence-corrected chi connectivity index (χ1v) is 20.2. The van der Waals surface area contributed by atoms with E-state index in [4.69, 9.17) is 28.4 Å². The smallest absolute Gasteiger partial charge is 0.338 e. The number of Topliss-reactive ketones (excluding diaryl/α,β-unsaturated/α-hetero) is 1. The summed E-state index contributed by atoms with van der Waals surface area (Å²) in [6.45, 7) is 6.52. The van der Waals surface area contributed by atoms with Crippen LogP contribution in [0.5, 0.6) is 0 Å². The van der Waals surface area contributed by atoms with Crippen LogP contribution in [0.3, 0.4) is 0 Å². The minimum atomic E-state index is -1.15. The van der Waals surface area contributed by atoms with Crippen LogP contribution in [0.4, 0.5) is 0 Å². The van der Waals surface area contributed by atoms with Gasteiger partial charge in [-0.1, -0.05) is 83.0 Å². The predicted octanol–water partition coefficient (Wildman–Crippen LogP) is 7.90. The Morgan fingerprint density at radius 1 is 0.855 bits per heavy atom. The van der Waals surface area contributed by atoms with E-state index < -0.39 is 76.4 Å². The predicted molar refractivity (Wildman–Crippen MR) is 207 cm³/mol. The lowest BCUT2D eigenvalue weighted by Gasteiger charge is -2.64. The molecule has 55 heavy (non-hydrogen) atoms. The zero-order valence-electron chi connectivity index (χ0n) is 30.7. The number of epoxide rings is 1. The molecule has 0 N–H and O–H groups in total. The van der Waals surface area contributed by atoms with Gasteiger partial charge in [-0.05, 0) is 66.6 Å². The van der Waals surface area contributed by atoms with Crippen LogP contribution < -0.4 is 0 Å². The van der Waals surface area contributed by atoms with Gasteiger partial charge in [0.15, 0.2) is 11.9 Å². The summed E-state index contributed by atoms with van der Waals surface area (Å²) in [7, 11) is 0. The third-order valence-corrected chi connectivity index (χ3v) is 14.1. The van der Waals surface area contributed by atoms with Crippen molar-refractivity contribution in [2.75, 3.05) is 13.2 Å². The number of fused-ring (bicyclic) bond motifs is 3. The van der Waals surface area contributed by atoms with Gasteiger partial charge in [0, 0.05) is 56.9 Å². The second-order valence-corrected chi connectivity index (χ2v) is 17.7. The average molecular weight is 879 g/mol. The molecule has 10 nitrogen and oxygen atoms in total. The third-order valence-electron chi connectivity index (χ3n) is 13.0. The number of halogens is 2. The molecule has 2 saturated carbocycles. The molecule has 3 aliphatic heterocycles. The molecule has 3 saturated heterocycles. The number of ether oxygens (including phenoxy) is 6. The fourth-order valence-electron chi connectivity index (χ4n) is 9.84. The Balaban J connectivity index is 1.19. The quantitative estimate of drug-likeness (QED) is 0.0954. The maximum absolute atomic E-state index is 14.6. The van der Waals surface area contributed by atoms with Gasteiger partial charge in [-0.2, -0.15) is 0 Å². The molecular weight excluding hydrogens is 836 g/mol. The van der Waals surface area contributed by atoms with Crippen molar-refractivity contribution in [3.63, 3.8) is 0 Å². The molecule has 5 aliphatic rings. The van der Waals surface area contributed by atoms with Crippen LogP contribution in [0.15, 0.2) is 93.9 Å². The van der Waals surface area contributed by atoms with Gasteiger partial charge in [-0.25, -0.2) is 14.4 Å². The molecule has 0 radical (unpaired) electrons. The second kappa shape index (κ2) is 14.4. The first-order valence-electron chi connectivity index (χ1n) is 18.6. The van der Waals surface area contributed by atoms with E-state index in [1.54, 1.807) is 54.6 Å². The Labute approximate surface area is 336 Å². The zero-order chi connectivity index (χ0) is 38.8. The number of carbonyl (C=O) groups is 4. The molecule has 3 aromatic rings. The molecular formula is C43H42Br2O10. The molecule has 0 aromatic heterocycles. The van der Waals surface area contributed by atoms with Crippen molar-refractivity contribution in [2.24, 2.45) is 22.7 Å². The molecule has 2 aliphatic carbocycles. The van der Waals surface area contributed by atoms with E-state index in [1.807, 2.05) is 51.1 Å². The van der Waals surface area contributed by atoms with Crippen LogP contribution in [0, 0.1) is 22.7 Å². The number of carbonyl (C=O) groups excluding carboxylic acids is 4. The summed E-state index contributed by atoms with van der Waals surface area (Å²) >= 11 is 6.85. The summed E-state index contributed by atoms with van der Waals surface area (Å²) in [5.74, 6) is -3.12. The highest BCUT2D eigenvalue weighted by molar-refractivity contribution is 9.10. The molecule has 8 rings (SSSR count). The van der Waals surface area contributed by atoms with E-state index in [1.165, 1.54) is 6.08 Å². The first kappa shape index (κ1) is 38.2. The minimum absolute atomic E-state index is 0.0148. The van der Waals surface area contributed by atoms with Gasteiger partial charge < -0.3 is 28.4 Å². The highest BCUT2D eigenvalue weighted by Gasteiger charge is 2.79. The van der Waals surface area contributed by atoms with E-state index in [0.717, 1.165) is 14.5 Å². The van der Waals surface area contributed by atoms with Crippen molar-refractivity contribution in [3.8, 4) is 0 Å². The van der Waals surface area contributed by atoms with Crippen LogP contribution in [0.25, 0.3) is 6.08 Å². The summed E-state index contributed by atoms with van der Waals surface area (Å²) in [5, 5.41) is 0. The minimum Gasteiger partial charge on any atom is -0.455 e. The second-order valence-electron chi connectivity index (χ2n) is 15.8. The Morgan fingerprint density at radius 2 is 1.49 bits per heavy atom. The summed E-state index contributed by atoms with van der Waals surface area (Å²) in [4.78, 5) is 56.0. The first-order chi connectivity index (χ1) is 26.3. The Bertz CT molecular complexity index is 2010. The van der Waals surface area contributed by atoms with Gasteiger partial charge in [0.1, 0.15) is 23.6 Å². The maximum atomic E-state index is 14.6. The van der Waals surface area contributed by atoms with Gasteiger partial charge in [-0.3, -0.25) is 4.79 Å². The lowest BCUT2D eigenvalue weighted by Crippen LogP contribution is -2.73. The average Bonchev–Trinajstić information content (AvgIpc) is 3.75. The number of ketones is 1. The summed E-state index contributed by atoms with van der Waals surface area (Å²) in [6, 6.07) is 23.1. The SMILES string of the molecule is C[C@@H]1[C@@H](OC(=O)c2ccc(Br)cc2)[C@H](OC(=O)/C=C/c2ccccc2)[C@]2(C)[C@H](C(=O)CC[C@]23CO3)[C@@]1(C)[C@@H]1C[C@@]2(OC(=O)c3ccc(Br)cc3)CCO[C@H]2O1. The third kappa shape index (κ3) is 6.51. The molecule has 3 aromatic carbocycles. The highest BCUT2D eigenvalue weighted by atomic mass is 79.9. The van der Waals surface area contributed by atoms with Crippen molar-refractivity contribution in [3.05, 3.63) is 111 Å². The molecule has 1 spiro atoms. The van der Waals surface area contributed by atoms with E-state index in [-0.39, 0.29) is 18.6 Å². The van der Waals surface area contributed by atoms with Gasteiger partial charge in [0.2, 0.25) is 0 Å². The number of hydrogen-bond acceptors (Lipinski definition) is 10. The summed E-state index contributed by atoms with van der Waals surface area (Å²) in [5.41, 5.74) is -2.61. The van der Waals surface area contributed by atoms with E-state index in [0.29, 0.717) is 37.2 Å². The molecule has 5 fully saturated rings. The van der Waals surface area contributed by atoms with E-state index >= 15 is 0 Å². The van der Waals surface area contributed by atoms with Gasteiger partial charge >= 0.3 is 17.9 Å². The fraction of sp³-hybridized carbons (Fsp3) is 0.442. The normalized spacial score (nSPS) is 36.3. The molecule has 10 atom stereocenters. The van der Waals surface area contributed by atoms with Gasteiger partial charge in [-0.15, -0.1) is 0 Å². The number of esters is 3. The van der Waals surface area contributed by atoms with Crippen molar-refractivity contribution in [1.29, 1.82) is 0 Å². The molecule has 0 amide bonds. The van der Waals surface area contributed by atoms with E-state index in [9.17, 15) is 19.2 Å². The standard InChI is InChI=1S/C43H42Br2O10/c1-25-34(54-37(48)27-10-14-29(44)15-11-27)36(53-33(47)18-9-26-7-5-4-6-8-26)41(3)35(31(46)19-20-43(41)24-51-43)40(25,2)32-23-42(21-22-50-39(42)52-32)55-38(49)28-12-16-30(45)17-13-28/h4-18,25,32,34-36,39H,19-24H2,1-3H3/b18-9+/t25-,32+,34-,35-,36+,39+,40-,41+,42+,43+/m1/s1. The molecule has 3 heterocycles. The van der Waals surface area contributed by atoms with Crippen LogP contribution in [0.2, 0.25) is 0 Å². The molecule has 288 valence electrons. The van der Waals surface area contributed by atoms with Gasteiger partial charge in [0.05, 0.1) is 30.4 Å². The number of hydrogen-bond donors (Lipinski definition) is 0. The van der Waals surface area contributed by atoms with Crippen molar-refractivity contribution in [2.45, 2.75) is 82.3 Å². The van der Waals surface area contributed by atoms with Crippen LogP contribution in [-0.4, -0.2) is 72.7 Å². The van der Waals surface area contributed by atoms with Crippen LogP contribution >= 0.6 is 31.9 Å². The Morgan fingerprint density at radius 3 is 2.13 bits per heavy atom. The zero-order valence-corrected chi connectivity index (χ0v) is 33.9. The number of rotatable bonds is 8. The highest BCUT2D eigenvalue weighted by Crippen LogP contribution is 2.70. The lowest BCUT2D eigenvalue weighted by molar-refractivity contribution is -0.263. The monoisotopic (exact) mass is 876 g/mol. The van der Waals surface area contributed by atoms with Crippen LogP contribution in [0.1, 0.15) is 72.7 Å². The van der Waals surface area contributed by atoms with Crippen LogP contribution in [-0.2, 0) is 38.0 Å². The summed E-state index contributed by atoms with van der Waals surface area (Å²) < 4.78 is 40.0. The topological polar surface area (TPSA) is 127 Å². The maximum Gasteiger partial charge on any atom is 0.338 e. The van der Waals surface area contributed by atoms with Crippen molar-refractivity contribution in [1.82, 2.24) is 0 Å². The molecule has 0 bridgehead atoms.